The summed E-state index contributed by atoms with van der Waals surface area (Å²) in [7, 11) is 0. The first-order valence-corrected chi connectivity index (χ1v) is 10.4. The highest BCUT2D eigenvalue weighted by Crippen LogP contribution is 2.32. The molecule has 0 bridgehead atoms. The van der Waals surface area contributed by atoms with E-state index >= 15 is 0 Å². The molecule has 0 saturated carbocycles. The van der Waals surface area contributed by atoms with Crippen LogP contribution in [0, 0.1) is 6.92 Å². The summed E-state index contributed by atoms with van der Waals surface area (Å²) in [6.07, 6.45) is 1.96. The van der Waals surface area contributed by atoms with Crippen LogP contribution in [0.5, 0.6) is 0 Å². The first kappa shape index (κ1) is 18.4. The number of piperazine rings is 1. The molecule has 0 radical (unpaired) electrons. The summed E-state index contributed by atoms with van der Waals surface area (Å²) in [6, 6.07) is 7.69. The van der Waals surface area contributed by atoms with Gasteiger partial charge in [0.15, 0.2) is 5.16 Å². The molecule has 2 aromatic rings. The number of fused-ring (bicyclic) bond motifs is 1. The van der Waals surface area contributed by atoms with Gasteiger partial charge in [0.1, 0.15) is 0 Å². The van der Waals surface area contributed by atoms with Crippen LogP contribution in [-0.4, -0.2) is 52.3 Å². The van der Waals surface area contributed by atoms with E-state index < -0.39 is 0 Å². The van der Waals surface area contributed by atoms with Crippen LogP contribution in [0.2, 0.25) is 5.02 Å². The second kappa shape index (κ2) is 7.56. The zero-order valence-electron chi connectivity index (χ0n) is 15.1. The Kier molecular flexibility index (Phi) is 5.14. The Morgan fingerprint density at radius 3 is 2.81 bits per heavy atom. The van der Waals surface area contributed by atoms with Gasteiger partial charge < -0.3 is 9.80 Å². The van der Waals surface area contributed by atoms with Gasteiger partial charge in [-0.3, -0.25) is 14.2 Å². The summed E-state index contributed by atoms with van der Waals surface area (Å²) in [4.78, 5) is 33.7. The van der Waals surface area contributed by atoms with Crippen LogP contribution in [0.25, 0.3) is 0 Å². The van der Waals surface area contributed by atoms with Gasteiger partial charge >= 0.3 is 0 Å². The molecule has 0 aliphatic carbocycles. The summed E-state index contributed by atoms with van der Waals surface area (Å²) < 4.78 is 1.69. The van der Waals surface area contributed by atoms with Gasteiger partial charge in [0.05, 0.1) is 6.04 Å². The maximum atomic E-state index is 12.8. The Balaban J connectivity index is 1.39. The fourth-order valence-corrected chi connectivity index (χ4v) is 4.88. The number of benzene rings is 1. The molecule has 142 valence electrons. The second-order valence-corrected chi connectivity index (χ2v) is 8.34. The van der Waals surface area contributed by atoms with Crippen LogP contribution in [-0.2, 0) is 4.79 Å². The first-order chi connectivity index (χ1) is 13.0. The third-order valence-electron chi connectivity index (χ3n) is 5.12. The number of amides is 1. The van der Waals surface area contributed by atoms with E-state index in [1.165, 1.54) is 0 Å². The minimum Gasteiger partial charge on any atom is -0.368 e. The summed E-state index contributed by atoms with van der Waals surface area (Å²) in [5.41, 5.74) is 1.67. The average molecular weight is 405 g/mol. The average Bonchev–Trinajstić information content (AvgIpc) is 3.08. The zero-order chi connectivity index (χ0) is 19.0. The first-order valence-electron chi connectivity index (χ1n) is 9.02. The van der Waals surface area contributed by atoms with E-state index in [4.69, 9.17) is 11.6 Å². The predicted octanol–water partition coefficient (Wildman–Crippen LogP) is 2.59. The number of anilines is 1. The van der Waals surface area contributed by atoms with Gasteiger partial charge in [-0.05, 0) is 25.1 Å². The highest BCUT2D eigenvalue weighted by molar-refractivity contribution is 7.99. The number of aromatic nitrogens is 2. The third kappa shape index (κ3) is 3.71. The fraction of sp³-hybridized carbons (Fsp3) is 0.421. The van der Waals surface area contributed by atoms with Crippen molar-refractivity contribution in [1.29, 1.82) is 0 Å². The number of thioether (sulfide) groups is 1. The highest BCUT2D eigenvalue weighted by Gasteiger charge is 2.30. The quantitative estimate of drug-likeness (QED) is 0.736. The van der Waals surface area contributed by atoms with Crippen molar-refractivity contribution in [2.24, 2.45) is 0 Å². The number of carbonyl (C=O) groups excluding carboxylic acids is 1. The summed E-state index contributed by atoms with van der Waals surface area (Å²) in [5.74, 6) is 0.826. The van der Waals surface area contributed by atoms with Crippen LogP contribution in [0.15, 0.2) is 40.4 Å². The van der Waals surface area contributed by atoms with Gasteiger partial charge in [-0.1, -0.05) is 29.4 Å². The molecule has 2 aliphatic rings. The molecule has 0 unspecified atom stereocenters. The summed E-state index contributed by atoms with van der Waals surface area (Å²) in [5, 5.41) is 1.44. The van der Waals surface area contributed by atoms with Crippen molar-refractivity contribution in [1.82, 2.24) is 14.5 Å². The highest BCUT2D eigenvalue weighted by atomic mass is 35.5. The van der Waals surface area contributed by atoms with E-state index in [2.05, 4.69) is 9.88 Å². The van der Waals surface area contributed by atoms with Gasteiger partial charge in [-0.2, -0.15) is 0 Å². The van der Waals surface area contributed by atoms with Crippen LogP contribution in [0.4, 0.5) is 5.69 Å². The number of rotatable bonds is 3. The van der Waals surface area contributed by atoms with Crippen molar-refractivity contribution >= 4 is 35.0 Å². The smallest absolute Gasteiger partial charge is 0.257 e. The SMILES string of the molecule is Cc1cnc2n(c1=O)[C@@H](CC(=O)N1CCN(c3cccc(Cl)c3)CC1)CS2. The van der Waals surface area contributed by atoms with Crippen molar-refractivity contribution in [2.45, 2.75) is 24.5 Å². The molecule has 27 heavy (non-hydrogen) atoms. The Bertz CT molecular complexity index is 924. The monoisotopic (exact) mass is 404 g/mol. The van der Waals surface area contributed by atoms with Crippen LogP contribution in [0.3, 0.4) is 0 Å². The molecule has 1 aromatic carbocycles. The normalized spacial score (nSPS) is 19.3. The Labute approximate surface area is 167 Å². The molecule has 1 aromatic heterocycles. The Morgan fingerprint density at radius 1 is 1.30 bits per heavy atom. The molecule has 1 atom stereocenters. The lowest BCUT2D eigenvalue weighted by Crippen LogP contribution is -2.49. The minimum atomic E-state index is -0.108. The summed E-state index contributed by atoms with van der Waals surface area (Å²) >= 11 is 7.62. The van der Waals surface area contributed by atoms with Gasteiger partial charge in [0.25, 0.3) is 5.56 Å². The van der Waals surface area contributed by atoms with Gasteiger partial charge in [-0.15, -0.1) is 0 Å². The third-order valence-corrected chi connectivity index (χ3v) is 6.46. The molecule has 1 amide bonds. The number of carbonyl (C=O) groups is 1. The number of aryl methyl sites for hydroxylation is 1. The number of hydrogen-bond donors (Lipinski definition) is 0. The Morgan fingerprint density at radius 2 is 2.07 bits per heavy atom. The molecule has 8 heteroatoms. The molecule has 1 saturated heterocycles. The Hall–Kier alpha value is -1.99. The van der Waals surface area contributed by atoms with E-state index in [0.717, 1.165) is 29.6 Å². The van der Waals surface area contributed by atoms with Gasteiger partial charge in [0, 0.05) is 60.8 Å². The fourth-order valence-electron chi connectivity index (χ4n) is 3.59. The lowest BCUT2D eigenvalue weighted by Gasteiger charge is -2.36. The topological polar surface area (TPSA) is 58.4 Å². The number of nitrogens with zero attached hydrogens (tertiary/aromatic N) is 4. The van der Waals surface area contributed by atoms with E-state index in [0.29, 0.717) is 30.2 Å². The van der Waals surface area contributed by atoms with E-state index in [-0.39, 0.29) is 17.5 Å². The minimum absolute atomic E-state index is 0.0337. The zero-order valence-corrected chi connectivity index (χ0v) is 16.7. The van der Waals surface area contributed by atoms with Crippen LogP contribution >= 0.6 is 23.4 Å². The predicted molar refractivity (Wildman–Crippen MR) is 108 cm³/mol. The molecular weight excluding hydrogens is 384 g/mol. The summed E-state index contributed by atoms with van der Waals surface area (Å²) in [6.45, 7) is 4.68. The molecule has 3 heterocycles. The molecule has 1 fully saturated rings. The van der Waals surface area contributed by atoms with Crippen molar-refractivity contribution in [3.05, 3.63) is 51.4 Å². The largest absolute Gasteiger partial charge is 0.368 e. The van der Waals surface area contributed by atoms with Crippen LogP contribution in [0.1, 0.15) is 18.0 Å². The number of halogens is 1. The molecule has 4 rings (SSSR count). The lowest BCUT2D eigenvalue weighted by atomic mass is 10.1. The maximum Gasteiger partial charge on any atom is 0.257 e. The van der Waals surface area contributed by atoms with Gasteiger partial charge in [0.2, 0.25) is 5.91 Å². The lowest BCUT2D eigenvalue weighted by molar-refractivity contribution is -0.132. The second-order valence-electron chi connectivity index (χ2n) is 6.92. The molecule has 6 nitrogen and oxygen atoms in total. The van der Waals surface area contributed by atoms with Crippen molar-refractivity contribution in [3.8, 4) is 0 Å². The van der Waals surface area contributed by atoms with E-state index in [9.17, 15) is 9.59 Å². The molecule has 2 aliphatic heterocycles. The molecular formula is C19H21ClN4O2S. The van der Waals surface area contributed by atoms with E-state index in [1.54, 1.807) is 29.4 Å². The van der Waals surface area contributed by atoms with E-state index in [1.807, 2.05) is 29.2 Å². The molecule has 0 spiro atoms. The standard InChI is InChI=1S/C19H21ClN4O2S/c1-13-11-21-19-24(18(13)26)16(12-27-19)10-17(25)23-7-5-22(6-8-23)15-4-2-3-14(20)9-15/h2-4,9,11,16H,5-8,10,12H2,1H3/t16-/m0/s1. The van der Waals surface area contributed by atoms with Crippen molar-refractivity contribution in [2.75, 3.05) is 36.8 Å². The number of hydrogen-bond acceptors (Lipinski definition) is 5. The molecule has 0 N–H and O–H groups in total. The van der Waals surface area contributed by atoms with Gasteiger partial charge in [-0.25, -0.2) is 4.98 Å². The van der Waals surface area contributed by atoms with Crippen molar-refractivity contribution in [3.63, 3.8) is 0 Å². The maximum absolute atomic E-state index is 12.8. The van der Waals surface area contributed by atoms with Crippen LogP contribution < -0.4 is 10.5 Å². The van der Waals surface area contributed by atoms with Crippen molar-refractivity contribution < 1.29 is 4.79 Å².